The van der Waals surface area contributed by atoms with Gasteiger partial charge in [-0.1, -0.05) is 19.3 Å². The van der Waals surface area contributed by atoms with E-state index >= 15 is 0 Å². The molecule has 1 saturated heterocycles. The topological polar surface area (TPSA) is 64.6 Å². The van der Waals surface area contributed by atoms with Gasteiger partial charge in [0.25, 0.3) is 0 Å². The van der Waals surface area contributed by atoms with E-state index in [1.165, 1.54) is 6.42 Å². The van der Waals surface area contributed by atoms with Gasteiger partial charge in [-0.15, -0.1) is 0 Å². The van der Waals surface area contributed by atoms with Gasteiger partial charge in [0.15, 0.2) is 0 Å². The second-order valence-electron chi connectivity index (χ2n) is 7.20. The Bertz CT molecular complexity index is 345. The summed E-state index contributed by atoms with van der Waals surface area (Å²) in [7, 11) is 0. The molecule has 3 N–H and O–H groups in total. The SMILES string of the molecule is CC(C)(C(=O)NCC1(CO)CCCCC1)N1CCNCC1. The van der Waals surface area contributed by atoms with Crippen LogP contribution in [0.2, 0.25) is 0 Å². The zero-order valence-electron chi connectivity index (χ0n) is 13.6. The van der Waals surface area contributed by atoms with Crippen LogP contribution in [0.15, 0.2) is 0 Å². The highest BCUT2D eigenvalue weighted by Gasteiger charge is 2.37. The van der Waals surface area contributed by atoms with Crippen LogP contribution in [0.1, 0.15) is 46.0 Å². The summed E-state index contributed by atoms with van der Waals surface area (Å²) in [6, 6.07) is 0. The monoisotopic (exact) mass is 297 g/mol. The molecule has 1 amide bonds. The molecule has 5 heteroatoms. The highest BCUT2D eigenvalue weighted by Crippen LogP contribution is 2.35. The van der Waals surface area contributed by atoms with Crippen molar-refractivity contribution in [3.8, 4) is 0 Å². The van der Waals surface area contributed by atoms with E-state index in [2.05, 4.69) is 15.5 Å². The number of amides is 1. The molecule has 1 heterocycles. The summed E-state index contributed by atoms with van der Waals surface area (Å²) in [5, 5.41) is 16.2. The summed E-state index contributed by atoms with van der Waals surface area (Å²) in [6.45, 7) is 8.49. The van der Waals surface area contributed by atoms with E-state index < -0.39 is 5.54 Å². The van der Waals surface area contributed by atoms with Crippen molar-refractivity contribution in [3.05, 3.63) is 0 Å². The van der Waals surface area contributed by atoms with Crippen LogP contribution in [0.5, 0.6) is 0 Å². The first kappa shape index (κ1) is 16.7. The zero-order chi connectivity index (χ0) is 15.3. The Kier molecular flexibility index (Phi) is 5.63. The number of nitrogens with zero attached hydrogens (tertiary/aromatic N) is 1. The lowest BCUT2D eigenvalue weighted by atomic mass is 9.74. The van der Waals surface area contributed by atoms with Crippen LogP contribution in [-0.4, -0.2) is 60.8 Å². The minimum absolute atomic E-state index is 0.0859. The Labute approximate surface area is 128 Å². The Morgan fingerprint density at radius 1 is 1.24 bits per heavy atom. The van der Waals surface area contributed by atoms with Gasteiger partial charge < -0.3 is 15.7 Å². The normalized spacial score (nSPS) is 23.8. The molecule has 0 bridgehead atoms. The lowest BCUT2D eigenvalue weighted by Gasteiger charge is -2.41. The van der Waals surface area contributed by atoms with Crippen molar-refractivity contribution in [2.45, 2.75) is 51.5 Å². The number of carbonyl (C=O) groups excluding carboxylic acids is 1. The number of aliphatic hydroxyl groups excluding tert-OH is 1. The standard InChI is InChI=1S/C16H31N3O2/c1-15(2,19-10-8-17-9-11-19)14(21)18-12-16(13-20)6-4-3-5-7-16/h17,20H,3-13H2,1-2H3,(H,18,21). The molecule has 5 nitrogen and oxygen atoms in total. The van der Waals surface area contributed by atoms with Crippen LogP contribution in [0.25, 0.3) is 0 Å². The largest absolute Gasteiger partial charge is 0.396 e. The van der Waals surface area contributed by atoms with E-state index in [1.807, 2.05) is 13.8 Å². The van der Waals surface area contributed by atoms with Crippen LogP contribution in [-0.2, 0) is 4.79 Å². The van der Waals surface area contributed by atoms with E-state index in [0.717, 1.165) is 51.9 Å². The van der Waals surface area contributed by atoms with Crippen LogP contribution < -0.4 is 10.6 Å². The molecule has 2 rings (SSSR count). The molecule has 0 aromatic rings. The van der Waals surface area contributed by atoms with Crippen molar-refractivity contribution in [1.29, 1.82) is 0 Å². The maximum atomic E-state index is 12.6. The molecular formula is C16H31N3O2. The molecule has 21 heavy (non-hydrogen) atoms. The molecular weight excluding hydrogens is 266 g/mol. The van der Waals surface area contributed by atoms with E-state index in [4.69, 9.17) is 0 Å². The van der Waals surface area contributed by atoms with Gasteiger partial charge in [0, 0.05) is 38.1 Å². The lowest BCUT2D eigenvalue weighted by Crippen LogP contribution is -2.60. The molecule has 122 valence electrons. The molecule has 0 unspecified atom stereocenters. The number of aliphatic hydroxyl groups is 1. The molecule has 0 aromatic carbocycles. The molecule has 2 fully saturated rings. The van der Waals surface area contributed by atoms with Gasteiger partial charge in [0.1, 0.15) is 0 Å². The third-order valence-corrected chi connectivity index (χ3v) is 5.34. The summed E-state index contributed by atoms with van der Waals surface area (Å²) in [5.74, 6) is 0.0859. The molecule has 1 saturated carbocycles. The minimum atomic E-state index is -0.479. The number of nitrogens with one attached hydrogen (secondary N) is 2. The number of hydrogen-bond donors (Lipinski definition) is 3. The molecule has 0 spiro atoms. The quantitative estimate of drug-likeness (QED) is 0.700. The van der Waals surface area contributed by atoms with Crippen molar-refractivity contribution < 1.29 is 9.90 Å². The van der Waals surface area contributed by atoms with E-state index in [1.54, 1.807) is 0 Å². The van der Waals surface area contributed by atoms with Gasteiger partial charge in [-0.05, 0) is 26.7 Å². The maximum absolute atomic E-state index is 12.6. The van der Waals surface area contributed by atoms with Crippen molar-refractivity contribution >= 4 is 5.91 Å². The molecule has 0 atom stereocenters. The predicted molar refractivity (Wildman–Crippen MR) is 84.1 cm³/mol. The summed E-state index contributed by atoms with van der Waals surface area (Å²) < 4.78 is 0. The number of rotatable bonds is 5. The van der Waals surface area contributed by atoms with Gasteiger partial charge in [-0.25, -0.2) is 0 Å². The average molecular weight is 297 g/mol. The van der Waals surface area contributed by atoms with E-state index in [9.17, 15) is 9.90 Å². The van der Waals surface area contributed by atoms with E-state index in [-0.39, 0.29) is 17.9 Å². The first-order valence-corrected chi connectivity index (χ1v) is 8.35. The molecule has 0 aromatic heterocycles. The Morgan fingerprint density at radius 3 is 2.43 bits per heavy atom. The number of hydrogen-bond acceptors (Lipinski definition) is 4. The maximum Gasteiger partial charge on any atom is 0.239 e. The van der Waals surface area contributed by atoms with Crippen LogP contribution in [0, 0.1) is 5.41 Å². The fraction of sp³-hybridized carbons (Fsp3) is 0.938. The average Bonchev–Trinajstić information content (AvgIpc) is 2.54. The molecule has 0 radical (unpaired) electrons. The van der Waals surface area contributed by atoms with Gasteiger partial charge in [0.05, 0.1) is 12.1 Å². The van der Waals surface area contributed by atoms with Crippen molar-refractivity contribution in [1.82, 2.24) is 15.5 Å². The minimum Gasteiger partial charge on any atom is -0.396 e. The van der Waals surface area contributed by atoms with Crippen LogP contribution in [0.4, 0.5) is 0 Å². The fourth-order valence-corrected chi connectivity index (χ4v) is 3.54. The summed E-state index contributed by atoms with van der Waals surface area (Å²) in [6.07, 6.45) is 5.63. The van der Waals surface area contributed by atoms with Gasteiger partial charge in [0.2, 0.25) is 5.91 Å². The summed E-state index contributed by atoms with van der Waals surface area (Å²) >= 11 is 0. The third kappa shape index (κ3) is 3.96. The highest BCUT2D eigenvalue weighted by molar-refractivity contribution is 5.85. The summed E-state index contributed by atoms with van der Waals surface area (Å²) in [5.41, 5.74) is -0.569. The fourth-order valence-electron chi connectivity index (χ4n) is 3.54. The zero-order valence-corrected chi connectivity index (χ0v) is 13.6. The summed E-state index contributed by atoms with van der Waals surface area (Å²) in [4.78, 5) is 14.9. The predicted octanol–water partition coefficient (Wildman–Crippen LogP) is 0.729. The highest BCUT2D eigenvalue weighted by atomic mass is 16.3. The van der Waals surface area contributed by atoms with E-state index in [0.29, 0.717) is 6.54 Å². The molecule has 1 aliphatic heterocycles. The molecule has 1 aliphatic carbocycles. The van der Waals surface area contributed by atoms with Crippen molar-refractivity contribution in [2.75, 3.05) is 39.3 Å². The number of piperazine rings is 1. The van der Waals surface area contributed by atoms with Crippen LogP contribution >= 0.6 is 0 Å². The van der Waals surface area contributed by atoms with Crippen molar-refractivity contribution in [3.63, 3.8) is 0 Å². The Balaban J connectivity index is 1.90. The molecule has 2 aliphatic rings. The number of carbonyl (C=O) groups is 1. The first-order chi connectivity index (χ1) is 10.0. The second kappa shape index (κ2) is 7.07. The lowest BCUT2D eigenvalue weighted by molar-refractivity contribution is -0.133. The Morgan fingerprint density at radius 2 is 1.86 bits per heavy atom. The first-order valence-electron chi connectivity index (χ1n) is 8.35. The van der Waals surface area contributed by atoms with Gasteiger partial charge >= 0.3 is 0 Å². The van der Waals surface area contributed by atoms with Gasteiger partial charge in [-0.3, -0.25) is 9.69 Å². The third-order valence-electron chi connectivity index (χ3n) is 5.34. The second-order valence-corrected chi connectivity index (χ2v) is 7.20. The van der Waals surface area contributed by atoms with Gasteiger partial charge in [-0.2, -0.15) is 0 Å². The smallest absolute Gasteiger partial charge is 0.239 e. The van der Waals surface area contributed by atoms with Crippen molar-refractivity contribution in [2.24, 2.45) is 5.41 Å². The van der Waals surface area contributed by atoms with Crippen LogP contribution in [0.3, 0.4) is 0 Å². The Hall–Kier alpha value is -0.650.